The van der Waals surface area contributed by atoms with Crippen LogP contribution in [0.15, 0.2) is 67.3 Å². The number of halogens is 1. The highest BCUT2D eigenvalue weighted by molar-refractivity contribution is 6.11. The summed E-state index contributed by atoms with van der Waals surface area (Å²) >= 11 is 0. The van der Waals surface area contributed by atoms with Crippen LogP contribution in [-0.4, -0.2) is 89.5 Å². The van der Waals surface area contributed by atoms with Crippen LogP contribution in [0, 0.1) is 5.82 Å². The maximum atomic E-state index is 15.4. The second-order valence-electron chi connectivity index (χ2n) is 11.4. The summed E-state index contributed by atoms with van der Waals surface area (Å²) in [6.45, 7) is 6.63. The molecule has 3 N–H and O–H groups in total. The average molecular weight is 658 g/mol. The zero-order chi connectivity index (χ0) is 33.9. The van der Waals surface area contributed by atoms with Crippen molar-refractivity contribution in [2.75, 3.05) is 59.8 Å². The van der Waals surface area contributed by atoms with Gasteiger partial charge in [-0.2, -0.15) is 0 Å². The van der Waals surface area contributed by atoms with Gasteiger partial charge in [-0.1, -0.05) is 43.0 Å². The van der Waals surface area contributed by atoms with Crippen LogP contribution >= 0.6 is 0 Å². The van der Waals surface area contributed by atoms with Crippen LogP contribution in [0.2, 0.25) is 0 Å². The van der Waals surface area contributed by atoms with Crippen LogP contribution in [0.25, 0.3) is 12.2 Å². The average Bonchev–Trinajstić information content (AvgIpc) is 3.76. The monoisotopic (exact) mass is 657 g/mol. The molecule has 11 heteroatoms. The summed E-state index contributed by atoms with van der Waals surface area (Å²) in [6.07, 6.45) is 6.24. The number of ether oxygens (including phenoxy) is 4. The van der Waals surface area contributed by atoms with E-state index in [0.717, 1.165) is 17.5 Å². The van der Waals surface area contributed by atoms with Gasteiger partial charge in [0.05, 0.1) is 45.1 Å². The SMILES string of the molecule is C=Cc1ccc(OCCOCCOCCOC)c(C(=O)c2ccc(C(=O)N[C@@H]3CNC[C@H]3NC(=O)c3ccc4c(c3)CC=C4)cc2)c1F. The number of carbonyl (C=O) groups is 3. The van der Waals surface area contributed by atoms with Crippen molar-refractivity contribution < 1.29 is 37.7 Å². The maximum Gasteiger partial charge on any atom is 0.251 e. The summed E-state index contributed by atoms with van der Waals surface area (Å²) in [5, 5.41) is 9.23. The fraction of sp³-hybridized carbons (Fsp3) is 0.324. The number of ketones is 1. The number of carbonyl (C=O) groups excluding carboxylic acids is 3. The molecule has 252 valence electrons. The third-order valence-corrected chi connectivity index (χ3v) is 8.17. The molecule has 3 aromatic rings. The number of benzene rings is 3. The Morgan fingerprint density at radius 3 is 2.17 bits per heavy atom. The fourth-order valence-corrected chi connectivity index (χ4v) is 5.54. The minimum atomic E-state index is -0.750. The van der Waals surface area contributed by atoms with Crippen molar-refractivity contribution in [1.29, 1.82) is 0 Å². The Morgan fingerprint density at radius 2 is 1.48 bits per heavy atom. The molecule has 2 atom stereocenters. The summed E-state index contributed by atoms with van der Waals surface area (Å²) in [6, 6.07) is 14.0. The quantitative estimate of drug-likeness (QED) is 0.148. The summed E-state index contributed by atoms with van der Waals surface area (Å²) in [7, 11) is 1.60. The molecule has 0 radical (unpaired) electrons. The standard InChI is InChI=1S/C37H40FN3O7/c1-3-24-13-14-32(48-20-19-47-18-17-46-16-15-45-2)33(34(24)38)35(42)26-8-10-27(11-9-26)36(43)40-30-22-39-23-31(30)41-37(44)29-12-7-25-5-4-6-28(25)21-29/h3-5,7-14,21,30-31,39H,1,6,15-20,22-23H2,2H3,(H,40,43)(H,41,44)/t30-,31-/m1/s1. The van der Waals surface area contributed by atoms with Crippen LogP contribution in [0.3, 0.4) is 0 Å². The van der Waals surface area contributed by atoms with Crippen molar-refractivity contribution in [1.82, 2.24) is 16.0 Å². The molecule has 1 aliphatic carbocycles. The number of allylic oxidation sites excluding steroid dienone is 1. The summed E-state index contributed by atoms with van der Waals surface area (Å²) in [5.74, 6) is -1.84. The van der Waals surface area contributed by atoms with E-state index in [9.17, 15) is 14.4 Å². The number of methoxy groups -OCH3 is 1. The Kier molecular flexibility index (Phi) is 12.2. The van der Waals surface area contributed by atoms with Crippen LogP contribution in [-0.2, 0) is 20.6 Å². The number of rotatable bonds is 17. The lowest BCUT2D eigenvalue weighted by molar-refractivity contribution is 0.0179. The highest BCUT2D eigenvalue weighted by Gasteiger charge is 2.30. The predicted molar refractivity (Wildman–Crippen MR) is 180 cm³/mol. The zero-order valence-corrected chi connectivity index (χ0v) is 26.9. The maximum absolute atomic E-state index is 15.4. The predicted octanol–water partition coefficient (Wildman–Crippen LogP) is 3.83. The lowest BCUT2D eigenvalue weighted by Gasteiger charge is -2.21. The van der Waals surface area contributed by atoms with Gasteiger partial charge in [0, 0.05) is 42.5 Å². The Hall–Kier alpha value is -4.68. The van der Waals surface area contributed by atoms with Crippen molar-refractivity contribution in [3.8, 4) is 5.75 Å². The van der Waals surface area contributed by atoms with Gasteiger partial charge in [-0.3, -0.25) is 14.4 Å². The van der Waals surface area contributed by atoms with Crippen LogP contribution < -0.4 is 20.7 Å². The van der Waals surface area contributed by atoms with E-state index in [4.69, 9.17) is 18.9 Å². The molecule has 0 spiro atoms. The third-order valence-electron chi connectivity index (χ3n) is 8.17. The molecule has 0 saturated carbocycles. The van der Waals surface area contributed by atoms with Crippen molar-refractivity contribution in [3.63, 3.8) is 0 Å². The molecule has 1 aliphatic heterocycles. The minimum absolute atomic E-state index is 0.0724. The number of hydrogen-bond acceptors (Lipinski definition) is 8. The van der Waals surface area contributed by atoms with E-state index in [-0.39, 0.29) is 59.6 Å². The molecule has 2 aliphatic rings. The second kappa shape index (κ2) is 16.9. The number of amides is 2. The van der Waals surface area contributed by atoms with E-state index in [1.165, 1.54) is 42.5 Å². The highest BCUT2D eigenvalue weighted by atomic mass is 19.1. The molecule has 5 rings (SSSR count). The van der Waals surface area contributed by atoms with E-state index in [2.05, 4.69) is 28.6 Å². The first-order chi connectivity index (χ1) is 23.4. The Balaban J connectivity index is 1.18. The smallest absolute Gasteiger partial charge is 0.251 e. The largest absolute Gasteiger partial charge is 0.490 e. The molecule has 1 fully saturated rings. The summed E-state index contributed by atoms with van der Waals surface area (Å²) < 4.78 is 36.9. The van der Waals surface area contributed by atoms with Crippen molar-refractivity contribution in [2.45, 2.75) is 18.5 Å². The van der Waals surface area contributed by atoms with Gasteiger partial charge in [-0.15, -0.1) is 0 Å². The summed E-state index contributed by atoms with van der Waals surface area (Å²) in [4.78, 5) is 39.7. The fourth-order valence-electron chi connectivity index (χ4n) is 5.54. The van der Waals surface area contributed by atoms with Gasteiger partial charge in [-0.25, -0.2) is 4.39 Å². The normalized spacial score (nSPS) is 16.4. The molecule has 0 unspecified atom stereocenters. The van der Waals surface area contributed by atoms with Gasteiger partial charge in [-0.05, 0) is 53.9 Å². The minimum Gasteiger partial charge on any atom is -0.490 e. The van der Waals surface area contributed by atoms with Crippen molar-refractivity contribution >= 4 is 29.7 Å². The second-order valence-corrected chi connectivity index (χ2v) is 11.4. The van der Waals surface area contributed by atoms with Crippen LogP contribution in [0.1, 0.15) is 53.3 Å². The molecule has 10 nitrogen and oxygen atoms in total. The van der Waals surface area contributed by atoms with Gasteiger partial charge in [0.15, 0.2) is 5.78 Å². The van der Waals surface area contributed by atoms with E-state index in [1.54, 1.807) is 13.2 Å². The molecule has 0 aromatic heterocycles. The zero-order valence-electron chi connectivity index (χ0n) is 26.9. The van der Waals surface area contributed by atoms with Crippen LogP contribution in [0.4, 0.5) is 4.39 Å². The van der Waals surface area contributed by atoms with Gasteiger partial charge >= 0.3 is 0 Å². The van der Waals surface area contributed by atoms with Gasteiger partial charge in [0.2, 0.25) is 0 Å². The molecule has 48 heavy (non-hydrogen) atoms. The van der Waals surface area contributed by atoms with Crippen LogP contribution in [0.5, 0.6) is 5.75 Å². The molecule has 3 aromatic carbocycles. The molecule has 2 amide bonds. The first-order valence-electron chi connectivity index (χ1n) is 15.9. The van der Waals surface area contributed by atoms with Gasteiger partial charge in [0.1, 0.15) is 23.7 Å². The molecule has 0 bridgehead atoms. The van der Waals surface area contributed by atoms with E-state index in [1.807, 2.05) is 18.2 Å². The molecular formula is C37H40FN3O7. The lowest BCUT2D eigenvalue weighted by Crippen LogP contribution is -2.51. The third kappa shape index (κ3) is 8.61. The summed E-state index contributed by atoms with van der Waals surface area (Å²) in [5.41, 5.74) is 3.22. The van der Waals surface area contributed by atoms with Gasteiger partial charge in [0.25, 0.3) is 11.8 Å². The van der Waals surface area contributed by atoms with Crippen molar-refractivity contribution in [2.24, 2.45) is 0 Å². The first kappa shape index (κ1) is 34.6. The van der Waals surface area contributed by atoms with E-state index >= 15 is 4.39 Å². The topological polar surface area (TPSA) is 124 Å². The first-order valence-corrected chi connectivity index (χ1v) is 15.9. The Bertz CT molecular complexity index is 1660. The number of hydrogen-bond donors (Lipinski definition) is 3. The number of nitrogens with one attached hydrogen (secondary N) is 3. The van der Waals surface area contributed by atoms with Crippen molar-refractivity contribution in [3.05, 3.63) is 112 Å². The van der Waals surface area contributed by atoms with Gasteiger partial charge < -0.3 is 34.9 Å². The Labute approximate surface area is 279 Å². The van der Waals surface area contributed by atoms with E-state index < -0.39 is 11.6 Å². The highest BCUT2D eigenvalue weighted by Crippen LogP contribution is 2.28. The molecule has 1 saturated heterocycles. The lowest BCUT2D eigenvalue weighted by atomic mass is 9.98. The molecular weight excluding hydrogens is 617 g/mol. The Morgan fingerprint density at radius 1 is 0.854 bits per heavy atom. The molecule has 1 heterocycles. The van der Waals surface area contributed by atoms with E-state index in [0.29, 0.717) is 50.6 Å². The number of fused-ring (bicyclic) bond motifs is 1.